The Morgan fingerprint density at radius 1 is 1.13 bits per heavy atom. The number of rotatable bonds is 5. The van der Waals surface area contributed by atoms with Crippen molar-refractivity contribution in [2.24, 2.45) is 0 Å². The first-order chi connectivity index (χ1) is 13.7. The van der Waals surface area contributed by atoms with Crippen LogP contribution in [-0.4, -0.2) is 47.5 Å². The molecule has 2 aromatic carbocycles. The number of alkyl halides is 3. The Balaban J connectivity index is 0.00000240. The molecule has 31 heavy (non-hydrogen) atoms. The summed E-state index contributed by atoms with van der Waals surface area (Å²) in [6.45, 7) is 2.24. The van der Waals surface area contributed by atoms with Crippen molar-refractivity contribution in [3.63, 3.8) is 0 Å². The van der Waals surface area contributed by atoms with E-state index in [0.29, 0.717) is 31.7 Å². The Morgan fingerprint density at radius 2 is 1.71 bits per heavy atom. The topological polar surface area (TPSA) is 87.9 Å². The molecule has 1 fully saturated rings. The number of nitro benzene ring substituents is 1. The zero-order chi connectivity index (χ0) is 21.2. The molecule has 7 nitrogen and oxygen atoms in total. The van der Waals surface area contributed by atoms with Gasteiger partial charge in [0.15, 0.2) is 0 Å². The molecule has 0 bridgehead atoms. The first-order valence-electron chi connectivity index (χ1n) is 8.63. The van der Waals surface area contributed by atoms with E-state index in [9.17, 15) is 28.4 Å². The quantitative estimate of drug-likeness (QED) is 0.454. The van der Waals surface area contributed by atoms with Crippen LogP contribution in [0.1, 0.15) is 17.2 Å². The second kappa shape index (κ2) is 11.1. The number of phenolic OH excluding ortho intramolecular Hbond substituents is 1. The average molecular weight is 505 g/mol. The van der Waals surface area contributed by atoms with E-state index in [0.717, 1.165) is 12.1 Å². The number of ether oxygens (including phenoxy) is 1. The van der Waals surface area contributed by atoms with Gasteiger partial charge in [0.05, 0.1) is 21.6 Å². The lowest BCUT2D eigenvalue weighted by atomic mass is 9.94. The summed E-state index contributed by atoms with van der Waals surface area (Å²) < 4.78 is 41.2. The maximum Gasteiger partial charge on any atom is 0.573 e. The zero-order valence-electron chi connectivity index (χ0n) is 15.8. The van der Waals surface area contributed by atoms with Gasteiger partial charge >= 0.3 is 6.36 Å². The van der Waals surface area contributed by atoms with Gasteiger partial charge in [0, 0.05) is 32.2 Å². The van der Waals surface area contributed by atoms with Crippen LogP contribution in [0.2, 0.25) is 5.02 Å². The van der Waals surface area contributed by atoms with Crippen LogP contribution < -0.4 is 10.1 Å². The Morgan fingerprint density at radius 3 is 2.23 bits per heavy atom. The van der Waals surface area contributed by atoms with Gasteiger partial charge in [0.25, 0.3) is 5.69 Å². The Kier molecular flexibility index (Phi) is 9.65. The minimum absolute atomic E-state index is 0. The van der Waals surface area contributed by atoms with Gasteiger partial charge in [-0.1, -0.05) is 23.7 Å². The molecular formula is C18H19Cl3F3N3O4. The predicted molar refractivity (Wildman–Crippen MR) is 114 cm³/mol. The number of piperazine rings is 1. The summed E-state index contributed by atoms with van der Waals surface area (Å²) in [5, 5.41) is 25.2. The fourth-order valence-corrected chi connectivity index (χ4v) is 3.52. The minimum atomic E-state index is -4.83. The molecule has 0 radical (unpaired) electrons. The smallest absolute Gasteiger partial charge is 0.506 e. The molecule has 0 aliphatic carbocycles. The fourth-order valence-electron chi connectivity index (χ4n) is 3.35. The van der Waals surface area contributed by atoms with Crippen molar-refractivity contribution < 1.29 is 27.9 Å². The number of hydrogen-bond donors (Lipinski definition) is 2. The van der Waals surface area contributed by atoms with Gasteiger partial charge < -0.3 is 15.2 Å². The minimum Gasteiger partial charge on any atom is -0.506 e. The van der Waals surface area contributed by atoms with E-state index in [2.05, 4.69) is 10.1 Å². The number of nitrogens with zero attached hydrogens (tertiary/aromatic N) is 2. The standard InChI is InChI=1S/C18H17ClF3N3O4.2ClH/c19-13-5-6-14(25(27)28)15(17(13)26)16(24-9-7-23-8-10-24)11-1-3-12(4-2-11)29-18(20,21)22;;/h1-6,16,23,26H,7-10H2;2*1H/t16-;;/m0../s1. The van der Waals surface area contributed by atoms with Crippen LogP contribution in [0, 0.1) is 10.1 Å². The molecule has 2 N–H and O–H groups in total. The number of nitro groups is 1. The molecule has 1 atom stereocenters. The first kappa shape index (κ1) is 27.1. The fraction of sp³-hybridized carbons (Fsp3) is 0.333. The van der Waals surface area contributed by atoms with E-state index < -0.39 is 28.8 Å². The lowest BCUT2D eigenvalue weighted by Gasteiger charge is -2.35. The normalized spacial score (nSPS) is 15.4. The van der Waals surface area contributed by atoms with E-state index in [-0.39, 0.29) is 41.1 Å². The van der Waals surface area contributed by atoms with E-state index in [1.54, 1.807) is 0 Å². The highest BCUT2D eigenvalue weighted by Gasteiger charge is 2.34. The second-order valence-corrected chi connectivity index (χ2v) is 6.80. The molecule has 0 saturated carbocycles. The predicted octanol–water partition coefficient (Wildman–Crippen LogP) is 4.69. The lowest BCUT2D eigenvalue weighted by Crippen LogP contribution is -2.45. The van der Waals surface area contributed by atoms with Crippen molar-refractivity contribution in [2.45, 2.75) is 12.4 Å². The first-order valence-corrected chi connectivity index (χ1v) is 9.01. The van der Waals surface area contributed by atoms with Crippen LogP contribution in [0.3, 0.4) is 0 Å². The molecule has 0 amide bonds. The third-order valence-corrected chi connectivity index (χ3v) is 4.87. The van der Waals surface area contributed by atoms with Gasteiger partial charge in [-0.3, -0.25) is 15.0 Å². The summed E-state index contributed by atoms with van der Waals surface area (Å²) in [5.41, 5.74) is 0.127. The second-order valence-electron chi connectivity index (χ2n) is 6.39. The lowest BCUT2D eigenvalue weighted by molar-refractivity contribution is -0.386. The van der Waals surface area contributed by atoms with Gasteiger partial charge in [-0.15, -0.1) is 38.0 Å². The largest absolute Gasteiger partial charge is 0.573 e. The van der Waals surface area contributed by atoms with Crippen molar-refractivity contribution in [3.05, 3.63) is 62.7 Å². The van der Waals surface area contributed by atoms with Gasteiger partial charge in [-0.05, 0) is 23.8 Å². The average Bonchev–Trinajstić information content (AvgIpc) is 2.66. The van der Waals surface area contributed by atoms with Crippen LogP contribution in [0.5, 0.6) is 11.5 Å². The third kappa shape index (κ3) is 6.50. The molecule has 1 heterocycles. The van der Waals surface area contributed by atoms with Gasteiger partial charge in [0.2, 0.25) is 0 Å². The zero-order valence-corrected chi connectivity index (χ0v) is 18.2. The molecule has 172 valence electrons. The molecule has 0 aromatic heterocycles. The van der Waals surface area contributed by atoms with Crippen molar-refractivity contribution in [1.29, 1.82) is 0 Å². The van der Waals surface area contributed by atoms with Crippen molar-refractivity contribution in [1.82, 2.24) is 10.2 Å². The van der Waals surface area contributed by atoms with Crippen LogP contribution in [0.15, 0.2) is 36.4 Å². The summed E-state index contributed by atoms with van der Waals surface area (Å²) >= 11 is 6.01. The molecule has 3 rings (SSSR count). The number of halogens is 6. The number of aromatic hydroxyl groups is 1. The van der Waals surface area contributed by atoms with Crippen LogP contribution >= 0.6 is 36.4 Å². The van der Waals surface area contributed by atoms with Crippen molar-refractivity contribution >= 4 is 42.1 Å². The SMILES string of the molecule is Cl.Cl.O=[N+]([O-])c1ccc(Cl)c(O)c1[C@H](c1ccc(OC(F)(F)F)cc1)N1CCNCC1. The van der Waals surface area contributed by atoms with Crippen molar-refractivity contribution in [2.75, 3.05) is 26.2 Å². The van der Waals surface area contributed by atoms with Crippen LogP contribution in [0.4, 0.5) is 18.9 Å². The molecule has 1 aliphatic heterocycles. The van der Waals surface area contributed by atoms with E-state index in [1.807, 2.05) is 4.90 Å². The van der Waals surface area contributed by atoms with Crippen molar-refractivity contribution in [3.8, 4) is 11.5 Å². The highest BCUT2D eigenvalue weighted by molar-refractivity contribution is 6.32. The number of phenols is 1. The number of hydrogen-bond acceptors (Lipinski definition) is 6. The summed E-state index contributed by atoms with van der Waals surface area (Å²) in [6.07, 6.45) is -4.83. The highest BCUT2D eigenvalue weighted by Crippen LogP contribution is 2.44. The number of benzene rings is 2. The van der Waals surface area contributed by atoms with Gasteiger partial charge in [-0.2, -0.15) is 0 Å². The summed E-state index contributed by atoms with van der Waals surface area (Å²) in [4.78, 5) is 12.9. The maximum absolute atomic E-state index is 12.4. The molecule has 2 aromatic rings. The molecule has 13 heteroatoms. The van der Waals surface area contributed by atoms with Gasteiger partial charge in [0.1, 0.15) is 11.5 Å². The molecule has 0 unspecified atom stereocenters. The van der Waals surface area contributed by atoms with E-state index >= 15 is 0 Å². The molecular weight excluding hydrogens is 486 g/mol. The summed E-state index contributed by atoms with van der Waals surface area (Å²) in [6, 6.07) is 6.68. The monoisotopic (exact) mass is 503 g/mol. The van der Waals surface area contributed by atoms with E-state index in [4.69, 9.17) is 11.6 Å². The molecule has 0 spiro atoms. The summed E-state index contributed by atoms with van der Waals surface area (Å²) in [7, 11) is 0. The Hall–Kier alpha value is -1.98. The highest BCUT2D eigenvalue weighted by atomic mass is 35.5. The van der Waals surface area contributed by atoms with E-state index in [1.165, 1.54) is 24.3 Å². The Labute approximate surface area is 193 Å². The molecule has 1 saturated heterocycles. The molecule has 1 aliphatic rings. The van der Waals surface area contributed by atoms with Crippen LogP contribution in [0.25, 0.3) is 0 Å². The number of nitrogens with one attached hydrogen (secondary N) is 1. The maximum atomic E-state index is 12.4. The van der Waals surface area contributed by atoms with Gasteiger partial charge in [-0.25, -0.2) is 0 Å². The Bertz CT molecular complexity index is 895. The summed E-state index contributed by atoms with van der Waals surface area (Å²) in [5.74, 6) is -0.842. The third-order valence-electron chi connectivity index (χ3n) is 4.56. The van der Waals surface area contributed by atoms with Crippen LogP contribution in [-0.2, 0) is 0 Å².